The number of ether oxygens (including phenoxy) is 1. The minimum atomic E-state index is -1.05. The molecule has 9 nitrogen and oxygen atoms in total. The molecule has 5 rings (SSSR count). The zero-order chi connectivity index (χ0) is 18.6. The zero-order valence-corrected chi connectivity index (χ0v) is 15.2. The molecule has 9 heteroatoms. The van der Waals surface area contributed by atoms with Crippen molar-refractivity contribution in [3.05, 3.63) is 12.7 Å². The number of nitrogens with two attached hydrogens (primary N) is 1. The Labute approximate surface area is 157 Å². The molecule has 0 aromatic carbocycles. The number of imidazole rings is 1. The molecule has 2 aliphatic heterocycles. The summed E-state index contributed by atoms with van der Waals surface area (Å²) < 4.78 is 7.73. The number of aliphatic hydroxyl groups is 2. The zero-order valence-electron chi connectivity index (χ0n) is 15.2. The molecule has 3 aliphatic rings. The quantitative estimate of drug-likeness (QED) is 0.707. The first kappa shape index (κ1) is 17.3. The molecule has 4 N–H and O–H groups in total. The average molecular weight is 374 g/mol. The largest absolute Gasteiger partial charge is 0.387 e. The second-order valence-corrected chi connectivity index (χ2v) is 8.11. The first-order chi connectivity index (χ1) is 13.1. The molecular weight excluding hydrogens is 348 g/mol. The fraction of sp³-hybridized carbons (Fsp3) is 0.722. The number of aliphatic hydroxyl groups excluding tert-OH is 2. The predicted octanol–water partition coefficient (Wildman–Crippen LogP) is 0.436. The summed E-state index contributed by atoms with van der Waals surface area (Å²) >= 11 is 0. The van der Waals surface area contributed by atoms with E-state index in [0.717, 1.165) is 6.54 Å². The smallest absolute Gasteiger partial charge is 0.167 e. The van der Waals surface area contributed by atoms with Gasteiger partial charge in [-0.15, -0.1) is 0 Å². The lowest BCUT2D eigenvalue weighted by Gasteiger charge is -2.56. The Balaban J connectivity index is 1.35. The van der Waals surface area contributed by atoms with Gasteiger partial charge >= 0.3 is 0 Å². The van der Waals surface area contributed by atoms with Gasteiger partial charge in [0.25, 0.3) is 0 Å². The summed E-state index contributed by atoms with van der Waals surface area (Å²) in [6.07, 6.45) is 7.25. The van der Waals surface area contributed by atoms with E-state index in [4.69, 9.17) is 10.5 Å². The summed E-state index contributed by atoms with van der Waals surface area (Å²) in [4.78, 5) is 14.8. The van der Waals surface area contributed by atoms with Gasteiger partial charge in [0.05, 0.1) is 6.33 Å². The Bertz CT molecular complexity index is 836. The van der Waals surface area contributed by atoms with Crippen molar-refractivity contribution in [3.8, 4) is 0 Å². The minimum absolute atomic E-state index is 0.281. The van der Waals surface area contributed by atoms with Crippen LogP contribution >= 0.6 is 0 Å². The molecule has 4 heterocycles. The summed E-state index contributed by atoms with van der Waals surface area (Å²) in [5.41, 5.74) is 7.09. The number of rotatable bonds is 3. The molecule has 0 bridgehead atoms. The van der Waals surface area contributed by atoms with E-state index in [1.807, 2.05) is 0 Å². The number of hydrogen-bond acceptors (Lipinski definition) is 8. The van der Waals surface area contributed by atoms with Crippen molar-refractivity contribution in [2.75, 3.05) is 18.8 Å². The van der Waals surface area contributed by atoms with Crippen molar-refractivity contribution in [2.24, 2.45) is 0 Å². The average Bonchev–Trinajstić information content (AvgIpc) is 3.23. The molecule has 3 fully saturated rings. The number of fused-ring (bicyclic) bond motifs is 1. The molecule has 0 radical (unpaired) electrons. The number of aromatic nitrogens is 4. The Morgan fingerprint density at radius 2 is 1.93 bits per heavy atom. The standard InChI is InChI=1S/C18H26N6O3/c19-15-12-16(21-9-20-15)24(10-22-12)17-14(26)13(25)11(27-17)8-23-7-6-18(23)4-2-1-3-5-18/h9-11,13-14,17,25-26H,1-8H2,(H2,19,20,21)/t11-,13-,14-,17-/m1/s1. The molecule has 2 saturated heterocycles. The van der Waals surface area contributed by atoms with Gasteiger partial charge in [-0.3, -0.25) is 9.47 Å². The Hall–Kier alpha value is -1.81. The Kier molecular flexibility index (Phi) is 4.08. The van der Waals surface area contributed by atoms with Crippen LogP contribution in [-0.4, -0.2) is 71.6 Å². The highest BCUT2D eigenvalue weighted by Gasteiger charge is 2.50. The van der Waals surface area contributed by atoms with Gasteiger partial charge in [-0.2, -0.15) is 0 Å². The first-order valence-corrected chi connectivity index (χ1v) is 9.79. The van der Waals surface area contributed by atoms with E-state index in [2.05, 4.69) is 19.9 Å². The van der Waals surface area contributed by atoms with E-state index in [0.29, 0.717) is 17.7 Å². The highest BCUT2D eigenvalue weighted by atomic mass is 16.6. The number of likely N-dealkylation sites (tertiary alicyclic amines) is 1. The minimum Gasteiger partial charge on any atom is -0.387 e. The number of nitrogen functional groups attached to an aromatic ring is 1. The molecule has 2 aromatic rings. The molecule has 0 amide bonds. The van der Waals surface area contributed by atoms with Gasteiger partial charge in [0.2, 0.25) is 0 Å². The third-order valence-corrected chi connectivity index (χ3v) is 6.70. The van der Waals surface area contributed by atoms with Gasteiger partial charge < -0.3 is 20.7 Å². The van der Waals surface area contributed by atoms with Crippen LogP contribution in [0.15, 0.2) is 12.7 Å². The van der Waals surface area contributed by atoms with Crippen molar-refractivity contribution >= 4 is 17.0 Å². The van der Waals surface area contributed by atoms with E-state index in [-0.39, 0.29) is 11.4 Å². The summed E-state index contributed by atoms with van der Waals surface area (Å²) in [6.45, 7) is 1.67. The van der Waals surface area contributed by atoms with Gasteiger partial charge in [0, 0.05) is 18.6 Å². The molecule has 0 unspecified atom stereocenters. The normalized spacial score (nSPS) is 33.6. The van der Waals surface area contributed by atoms with Gasteiger partial charge in [0.15, 0.2) is 17.7 Å². The van der Waals surface area contributed by atoms with Crippen LogP contribution in [-0.2, 0) is 4.74 Å². The molecule has 27 heavy (non-hydrogen) atoms. The molecule has 1 aliphatic carbocycles. The SMILES string of the molecule is Nc1ncnc2c1ncn2[C@@H]1O[C@H](CN2CCC23CCCCC3)[C@@H](O)[C@H]1O. The van der Waals surface area contributed by atoms with Crippen molar-refractivity contribution < 1.29 is 14.9 Å². The topological polar surface area (TPSA) is 123 Å². The monoisotopic (exact) mass is 374 g/mol. The third kappa shape index (κ3) is 2.64. The molecule has 1 spiro atoms. The Morgan fingerprint density at radius 1 is 1.11 bits per heavy atom. The summed E-state index contributed by atoms with van der Waals surface area (Å²) in [7, 11) is 0. The first-order valence-electron chi connectivity index (χ1n) is 9.79. The van der Waals surface area contributed by atoms with E-state index in [9.17, 15) is 10.2 Å². The van der Waals surface area contributed by atoms with Crippen molar-refractivity contribution in [1.29, 1.82) is 0 Å². The lowest BCUT2D eigenvalue weighted by Crippen LogP contribution is -2.63. The number of nitrogens with zero attached hydrogens (tertiary/aromatic N) is 5. The predicted molar refractivity (Wildman–Crippen MR) is 97.7 cm³/mol. The third-order valence-electron chi connectivity index (χ3n) is 6.70. The van der Waals surface area contributed by atoms with Crippen molar-refractivity contribution in [2.45, 2.75) is 68.6 Å². The van der Waals surface area contributed by atoms with Crippen LogP contribution in [0, 0.1) is 0 Å². The maximum atomic E-state index is 10.6. The highest BCUT2D eigenvalue weighted by molar-refractivity contribution is 5.81. The van der Waals surface area contributed by atoms with Crippen LogP contribution in [0.5, 0.6) is 0 Å². The van der Waals surface area contributed by atoms with Crippen molar-refractivity contribution in [1.82, 2.24) is 24.4 Å². The highest BCUT2D eigenvalue weighted by Crippen LogP contribution is 2.44. The van der Waals surface area contributed by atoms with Crippen LogP contribution in [0.2, 0.25) is 0 Å². The maximum Gasteiger partial charge on any atom is 0.167 e. The summed E-state index contributed by atoms with van der Waals surface area (Å²) in [5.74, 6) is 0.281. The maximum absolute atomic E-state index is 10.6. The number of anilines is 1. The molecular formula is C18H26N6O3. The summed E-state index contributed by atoms with van der Waals surface area (Å²) in [5, 5.41) is 21.2. The lowest BCUT2D eigenvalue weighted by molar-refractivity contribution is -0.0986. The van der Waals surface area contributed by atoms with Crippen LogP contribution in [0.1, 0.15) is 44.8 Å². The van der Waals surface area contributed by atoms with E-state index >= 15 is 0 Å². The molecule has 4 atom stereocenters. The van der Waals surface area contributed by atoms with E-state index < -0.39 is 24.5 Å². The van der Waals surface area contributed by atoms with Crippen LogP contribution in [0.4, 0.5) is 5.82 Å². The Morgan fingerprint density at radius 3 is 2.67 bits per heavy atom. The van der Waals surface area contributed by atoms with Crippen LogP contribution in [0.25, 0.3) is 11.2 Å². The van der Waals surface area contributed by atoms with Gasteiger partial charge in [0.1, 0.15) is 30.2 Å². The van der Waals surface area contributed by atoms with Crippen LogP contribution in [0.3, 0.4) is 0 Å². The van der Waals surface area contributed by atoms with Crippen LogP contribution < -0.4 is 5.73 Å². The van der Waals surface area contributed by atoms with Crippen molar-refractivity contribution in [3.63, 3.8) is 0 Å². The second kappa shape index (κ2) is 6.37. The second-order valence-electron chi connectivity index (χ2n) is 8.11. The van der Waals surface area contributed by atoms with E-state index in [1.165, 1.54) is 51.2 Å². The van der Waals surface area contributed by atoms with Gasteiger partial charge in [-0.1, -0.05) is 19.3 Å². The van der Waals surface area contributed by atoms with Gasteiger partial charge in [-0.05, 0) is 19.3 Å². The molecule has 1 saturated carbocycles. The summed E-state index contributed by atoms with van der Waals surface area (Å²) in [6, 6.07) is 0. The lowest BCUT2D eigenvalue weighted by atomic mass is 9.72. The van der Waals surface area contributed by atoms with Gasteiger partial charge in [-0.25, -0.2) is 15.0 Å². The molecule has 146 valence electrons. The fourth-order valence-corrected chi connectivity index (χ4v) is 5.03. The van der Waals surface area contributed by atoms with E-state index in [1.54, 1.807) is 4.57 Å². The molecule has 2 aromatic heterocycles. The fourth-order valence-electron chi connectivity index (χ4n) is 5.03. The number of hydrogen-bond donors (Lipinski definition) is 3.